The zero-order chi connectivity index (χ0) is 14.1. The highest BCUT2D eigenvalue weighted by Crippen LogP contribution is 2.34. The fraction of sp³-hybridized carbons (Fsp3) is 0.0667. The lowest BCUT2D eigenvalue weighted by Gasteiger charge is -2.06. The number of rotatable bonds is 2. The number of fused-ring (bicyclic) bond motifs is 1. The highest BCUT2D eigenvalue weighted by atomic mass is 32.1. The Morgan fingerprint density at radius 2 is 2.05 bits per heavy atom. The predicted molar refractivity (Wildman–Crippen MR) is 81.0 cm³/mol. The van der Waals surface area contributed by atoms with Gasteiger partial charge in [-0.25, -0.2) is 4.98 Å². The molecule has 1 heterocycles. The number of amides is 1. The Labute approximate surface area is 119 Å². The van der Waals surface area contributed by atoms with Crippen molar-refractivity contribution in [3.05, 3.63) is 42.5 Å². The van der Waals surface area contributed by atoms with Crippen molar-refractivity contribution in [3.63, 3.8) is 0 Å². The molecule has 0 bridgehead atoms. The molecule has 0 spiro atoms. The van der Waals surface area contributed by atoms with Gasteiger partial charge in [-0.05, 0) is 30.3 Å². The molecule has 0 aliphatic rings. The number of hydrogen-bond donors (Lipinski definition) is 2. The quantitative estimate of drug-likeness (QED) is 0.706. The largest absolute Gasteiger partial charge is 0.506 e. The van der Waals surface area contributed by atoms with Crippen molar-refractivity contribution >= 4 is 33.1 Å². The van der Waals surface area contributed by atoms with E-state index in [1.165, 1.54) is 6.92 Å². The molecule has 0 radical (unpaired) electrons. The van der Waals surface area contributed by atoms with Gasteiger partial charge in [0.25, 0.3) is 0 Å². The monoisotopic (exact) mass is 284 g/mol. The maximum atomic E-state index is 11.0. The molecule has 3 rings (SSSR count). The van der Waals surface area contributed by atoms with E-state index in [2.05, 4.69) is 10.3 Å². The van der Waals surface area contributed by atoms with Gasteiger partial charge in [-0.1, -0.05) is 12.1 Å². The average Bonchev–Trinajstić information content (AvgIpc) is 2.84. The molecule has 0 fully saturated rings. The van der Waals surface area contributed by atoms with Gasteiger partial charge in [0.15, 0.2) is 0 Å². The average molecular weight is 284 g/mol. The summed E-state index contributed by atoms with van der Waals surface area (Å²) in [7, 11) is 0. The van der Waals surface area contributed by atoms with Crippen LogP contribution in [0.15, 0.2) is 42.5 Å². The minimum absolute atomic E-state index is 0.0388. The molecule has 1 amide bonds. The van der Waals surface area contributed by atoms with Crippen molar-refractivity contribution in [2.24, 2.45) is 0 Å². The maximum Gasteiger partial charge on any atom is 0.221 e. The van der Waals surface area contributed by atoms with E-state index in [1.54, 1.807) is 23.5 Å². The van der Waals surface area contributed by atoms with Crippen LogP contribution < -0.4 is 5.32 Å². The van der Waals surface area contributed by atoms with Gasteiger partial charge in [-0.3, -0.25) is 4.79 Å². The van der Waals surface area contributed by atoms with Crippen LogP contribution >= 0.6 is 11.3 Å². The van der Waals surface area contributed by atoms with Gasteiger partial charge >= 0.3 is 0 Å². The van der Waals surface area contributed by atoms with Crippen molar-refractivity contribution in [2.75, 3.05) is 5.32 Å². The number of thiazole rings is 1. The number of nitrogens with one attached hydrogen (secondary N) is 1. The van der Waals surface area contributed by atoms with Gasteiger partial charge in [0.2, 0.25) is 5.91 Å². The number of carbonyl (C=O) groups excluding carboxylic acids is 1. The van der Waals surface area contributed by atoms with E-state index < -0.39 is 0 Å². The van der Waals surface area contributed by atoms with Crippen LogP contribution in [0.5, 0.6) is 5.75 Å². The Morgan fingerprint density at radius 3 is 2.75 bits per heavy atom. The number of carbonyl (C=O) groups is 1. The van der Waals surface area contributed by atoms with Crippen molar-refractivity contribution in [3.8, 4) is 16.3 Å². The first-order valence-electron chi connectivity index (χ1n) is 6.10. The zero-order valence-corrected chi connectivity index (χ0v) is 11.6. The molecule has 20 heavy (non-hydrogen) atoms. The van der Waals surface area contributed by atoms with E-state index in [9.17, 15) is 9.90 Å². The molecular weight excluding hydrogens is 272 g/mol. The molecular formula is C15H12N2O2S. The summed E-state index contributed by atoms with van der Waals surface area (Å²) >= 11 is 1.57. The third kappa shape index (κ3) is 2.35. The van der Waals surface area contributed by atoms with Crippen LogP contribution in [-0.4, -0.2) is 16.0 Å². The van der Waals surface area contributed by atoms with Gasteiger partial charge in [-0.15, -0.1) is 11.3 Å². The van der Waals surface area contributed by atoms with Gasteiger partial charge in [0.1, 0.15) is 10.8 Å². The SMILES string of the molecule is CC(=O)Nc1ccc(-c2nc3ccccc3s2)cc1O. The van der Waals surface area contributed by atoms with Gasteiger partial charge in [-0.2, -0.15) is 0 Å². The molecule has 0 atom stereocenters. The Balaban J connectivity index is 2.01. The number of aromatic hydroxyl groups is 1. The molecule has 2 N–H and O–H groups in total. The molecule has 3 aromatic rings. The lowest BCUT2D eigenvalue weighted by Crippen LogP contribution is -2.05. The Kier molecular flexibility index (Phi) is 3.12. The van der Waals surface area contributed by atoms with Crippen molar-refractivity contribution in [1.82, 2.24) is 4.98 Å². The van der Waals surface area contributed by atoms with E-state index in [4.69, 9.17) is 0 Å². The third-order valence-corrected chi connectivity index (χ3v) is 3.93. The van der Waals surface area contributed by atoms with Crippen molar-refractivity contribution in [1.29, 1.82) is 0 Å². The molecule has 0 unspecified atom stereocenters. The van der Waals surface area contributed by atoms with Crippen LogP contribution in [0.2, 0.25) is 0 Å². The third-order valence-electron chi connectivity index (χ3n) is 2.85. The normalized spacial score (nSPS) is 10.7. The smallest absolute Gasteiger partial charge is 0.221 e. The second-order valence-electron chi connectivity index (χ2n) is 4.40. The van der Waals surface area contributed by atoms with Gasteiger partial charge in [0.05, 0.1) is 15.9 Å². The van der Waals surface area contributed by atoms with Crippen LogP contribution in [0.1, 0.15) is 6.92 Å². The minimum Gasteiger partial charge on any atom is -0.506 e. The van der Waals surface area contributed by atoms with E-state index in [0.29, 0.717) is 5.69 Å². The van der Waals surface area contributed by atoms with Gasteiger partial charge in [0, 0.05) is 12.5 Å². The van der Waals surface area contributed by atoms with E-state index in [1.807, 2.05) is 30.3 Å². The summed E-state index contributed by atoms with van der Waals surface area (Å²) in [5, 5.41) is 13.4. The summed E-state index contributed by atoms with van der Waals surface area (Å²) in [5.41, 5.74) is 2.18. The number of nitrogens with zero attached hydrogens (tertiary/aromatic N) is 1. The lowest BCUT2D eigenvalue weighted by atomic mass is 10.2. The van der Waals surface area contributed by atoms with Crippen LogP contribution in [-0.2, 0) is 4.79 Å². The number of phenols is 1. The fourth-order valence-electron chi connectivity index (χ4n) is 1.96. The number of phenolic OH excluding ortho intramolecular Hbond substituents is 1. The van der Waals surface area contributed by atoms with Crippen LogP contribution in [0.25, 0.3) is 20.8 Å². The molecule has 0 saturated heterocycles. The standard InChI is InChI=1S/C15H12N2O2S/c1-9(18)16-11-7-6-10(8-13(11)19)15-17-12-4-2-3-5-14(12)20-15/h2-8,19H,1H3,(H,16,18). The number of anilines is 1. The molecule has 2 aromatic carbocycles. The lowest BCUT2D eigenvalue weighted by molar-refractivity contribution is -0.114. The second kappa shape index (κ2) is 4.94. The maximum absolute atomic E-state index is 11.0. The second-order valence-corrected chi connectivity index (χ2v) is 5.43. The number of para-hydroxylation sites is 1. The Bertz CT molecular complexity index is 762. The molecule has 1 aromatic heterocycles. The molecule has 4 nitrogen and oxygen atoms in total. The molecule has 0 aliphatic heterocycles. The van der Waals surface area contributed by atoms with Gasteiger partial charge < -0.3 is 10.4 Å². The summed E-state index contributed by atoms with van der Waals surface area (Å²) in [6, 6.07) is 13.0. The first kappa shape index (κ1) is 12.6. The zero-order valence-electron chi connectivity index (χ0n) is 10.8. The first-order valence-corrected chi connectivity index (χ1v) is 6.92. The number of hydrogen-bond acceptors (Lipinski definition) is 4. The predicted octanol–water partition coefficient (Wildman–Crippen LogP) is 3.63. The van der Waals surface area contributed by atoms with Crippen LogP contribution in [0.4, 0.5) is 5.69 Å². The number of benzene rings is 2. The summed E-state index contributed by atoms with van der Waals surface area (Å²) < 4.78 is 1.10. The van der Waals surface area contributed by atoms with E-state index in [0.717, 1.165) is 20.8 Å². The number of aromatic nitrogens is 1. The highest BCUT2D eigenvalue weighted by molar-refractivity contribution is 7.21. The summed E-state index contributed by atoms with van der Waals surface area (Å²) in [5.74, 6) is -0.176. The van der Waals surface area contributed by atoms with E-state index in [-0.39, 0.29) is 11.7 Å². The van der Waals surface area contributed by atoms with Crippen molar-refractivity contribution in [2.45, 2.75) is 6.92 Å². The Morgan fingerprint density at radius 1 is 1.25 bits per heavy atom. The first-order chi connectivity index (χ1) is 9.63. The summed E-state index contributed by atoms with van der Waals surface area (Å²) in [6.45, 7) is 1.40. The minimum atomic E-state index is -0.215. The summed E-state index contributed by atoms with van der Waals surface area (Å²) in [4.78, 5) is 15.5. The van der Waals surface area contributed by atoms with Crippen molar-refractivity contribution < 1.29 is 9.90 Å². The molecule has 0 saturated carbocycles. The highest BCUT2D eigenvalue weighted by Gasteiger charge is 2.09. The van der Waals surface area contributed by atoms with Crippen LogP contribution in [0, 0.1) is 0 Å². The summed E-state index contributed by atoms with van der Waals surface area (Å²) in [6.07, 6.45) is 0. The molecule has 0 aliphatic carbocycles. The Hall–Kier alpha value is -2.40. The fourth-order valence-corrected chi connectivity index (χ4v) is 2.92. The van der Waals surface area contributed by atoms with Crippen LogP contribution in [0.3, 0.4) is 0 Å². The molecule has 100 valence electrons. The molecule has 5 heteroatoms. The van der Waals surface area contributed by atoms with E-state index >= 15 is 0 Å². The topological polar surface area (TPSA) is 62.2 Å².